The van der Waals surface area contributed by atoms with Crippen LogP contribution >= 0.6 is 0 Å². The van der Waals surface area contributed by atoms with Crippen molar-refractivity contribution in [3.63, 3.8) is 0 Å². The van der Waals surface area contributed by atoms with Gasteiger partial charge in [-0.2, -0.15) is 0 Å². The lowest BCUT2D eigenvalue weighted by molar-refractivity contribution is 0.144. The maximum absolute atomic E-state index is 10.8. The van der Waals surface area contributed by atoms with E-state index in [1.165, 1.54) is 12.6 Å². The van der Waals surface area contributed by atoms with E-state index in [0.29, 0.717) is 12.0 Å². The lowest BCUT2D eigenvalue weighted by atomic mass is 10.0. The number of aryl methyl sites for hydroxylation is 1. The van der Waals surface area contributed by atoms with Gasteiger partial charge in [0.1, 0.15) is 0 Å². The Kier molecular flexibility index (Phi) is 8.31. The lowest BCUT2D eigenvalue weighted by Crippen LogP contribution is -2.38. The summed E-state index contributed by atoms with van der Waals surface area (Å²) in [5.41, 5.74) is 6.85. The van der Waals surface area contributed by atoms with Crippen molar-refractivity contribution >= 4 is 22.9 Å². The monoisotopic (exact) mass is 469 g/mol. The first-order valence-corrected chi connectivity index (χ1v) is 11.5. The van der Waals surface area contributed by atoms with Crippen molar-refractivity contribution in [2.45, 2.75) is 59.4 Å². The van der Waals surface area contributed by atoms with Gasteiger partial charge in [-0.15, -0.1) is 5.10 Å². The quantitative estimate of drug-likeness (QED) is 0.472. The van der Waals surface area contributed by atoms with Crippen LogP contribution in [0.25, 0.3) is 16.8 Å². The van der Waals surface area contributed by atoms with Gasteiger partial charge in [0.15, 0.2) is 0 Å². The molecule has 9 heteroatoms. The SMILES string of the molecule is C=C1CCC(Nc2ncc3c(-c4ccc(N=C(C)C)c(C)n4)ccn3n2)CN1C.CCC(F)F. The number of pyridine rings is 1. The molecule has 4 rings (SSSR count). The third kappa shape index (κ3) is 6.36. The van der Waals surface area contributed by atoms with Crippen LogP contribution in [0.5, 0.6) is 0 Å². The topological polar surface area (TPSA) is 70.7 Å². The van der Waals surface area contributed by atoms with E-state index in [2.05, 4.69) is 38.9 Å². The second kappa shape index (κ2) is 11.2. The minimum Gasteiger partial charge on any atom is -0.376 e. The maximum atomic E-state index is 10.8. The summed E-state index contributed by atoms with van der Waals surface area (Å²) in [6, 6.07) is 6.36. The summed E-state index contributed by atoms with van der Waals surface area (Å²) in [7, 11) is 2.08. The fraction of sp³-hybridized carbons (Fsp3) is 0.440. The van der Waals surface area contributed by atoms with E-state index in [9.17, 15) is 8.78 Å². The zero-order valence-corrected chi connectivity index (χ0v) is 20.5. The zero-order chi connectivity index (χ0) is 24.8. The second-order valence-electron chi connectivity index (χ2n) is 8.63. The summed E-state index contributed by atoms with van der Waals surface area (Å²) in [6.07, 6.45) is 3.69. The van der Waals surface area contributed by atoms with Crippen molar-refractivity contribution in [2.24, 2.45) is 4.99 Å². The van der Waals surface area contributed by atoms with Gasteiger partial charge in [-0.1, -0.05) is 13.5 Å². The van der Waals surface area contributed by atoms with Gasteiger partial charge >= 0.3 is 0 Å². The van der Waals surface area contributed by atoms with Crippen LogP contribution in [0, 0.1) is 6.92 Å². The summed E-state index contributed by atoms with van der Waals surface area (Å²) < 4.78 is 23.4. The van der Waals surface area contributed by atoms with E-state index >= 15 is 0 Å². The highest BCUT2D eigenvalue weighted by Gasteiger charge is 2.20. The van der Waals surface area contributed by atoms with Crippen LogP contribution in [0.1, 0.15) is 45.7 Å². The molecule has 0 saturated carbocycles. The molecule has 3 aromatic heterocycles. The molecule has 0 amide bonds. The number of hydrogen-bond acceptors (Lipinski definition) is 6. The van der Waals surface area contributed by atoms with Gasteiger partial charge in [0.05, 0.1) is 28.8 Å². The summed E-state index contributed by atoms with van der Waals surface area (Å²) in [5, 5.41) is 8.09. The van der Waals surface area contributed by atoms with E-state index in [-0.39, 0.29) is 6.42 Å². The first-order valence-electron chi connectivity index (χ1n) is 11.5. The standard InChI is InChI=1S/C22H27N7.C3H6F2/c1-14(2)24-19-8-9-20(25-16(19)4)18-10-11-29-21(18)12-23-22(27-29)26-17-7-6-15(3)28(5)13-17;1-2-3(4)5/h8-12,17H,3,6-7,13H2,1-2,4-5H3,(H,26,27);3H,2H2,1H3. The Morgan fingerprint density at radius 3 is 2.65 bits per heavy atom. The van der Waals surface area contributed by atoms with Crippen molar-refractivity contribution in [1.82, 2.24) is 24.5 Å². The molecule has 0 aliphatic carbocycles. The molecule has 182 valence electrons. The average molecular weight is 470 g/mol. The van der Waals surface area contributed by atoms with Crippen molar-refractivity contribution in [3.8, 4) is 11.3 Å². The molecule has 1 aliphatic rings. The number of halogens is 2. The van der Waals surface area contributed by atoms with Crippen LogP contribution in [0.15, 0.2) is 47.9 Å². The first kappa shape index (κ1) is 25.3. The average Bonchev–Trinajstić information content (AvgIpc) is 3.21. The van der Waals surface area contributed by atoms with Gasteiger partial charge in [-0.3, -0.25) is 9.98 Å². The Morgan fingerprint density at radius 1 is 1.29 bits per heavy atom. The van der Waals surface area contributed by atoms with E-state index in [1.54, 1.807) is 0 Å². The highest BCUT2D eigenvalue weighted by atomic mass is 19.3. The molecule has 4 heterocycles. The molecule has 0 bridgehead atoms. The molecule has 7 nitrogen and oxygen atoms in total. The molecule has 1 N–H and O–H groups in total. The third-order valence-electron chi connectivity index (χ3n) is 5.55. The van der Waals surface area contributed by atoms with E-state index in [4.69, 9.17) is 4.98 Å². The second-order valence-corrected chi connectivity index (χ2v) is 8.63. The molecule has 0 radical (unpaired) electrons. The Labute approximate surface area is 199 Å². The number of anilines is 1. The number of aliphatic imine (C=N–C) groups is 1. The number of nitrogens with zero attached hydrogens (tertiary/aromatic N) is 6. The van der Waals surface area contributed by atoms with E-state index in [1.807, 2.05) is 55.9 Å². The molecule has 0 aromatic carbocycles. The van der Waals surface area contributed by atoms with E-state index < -0.39 is 6.43 Å². The molecule has 34 heavy (non-hydrogen) atoms. The number of rotatable bonds is 5. The molecule has 1 saturated heterocycles. The number of alkyl halides is 2. The van der Waals surface area contributed by atoms with Crippen LogP contribution in [0.4, 0.5) is 20.4 Å². The Balaban J connectivity index is 0.000000588. The van der Waals surface area contributed by atoms with Crippen molar-refractivity contribution < 1.29 is 8.78 Å². The predicted molar refractivity (Wildman–Crippen MR) is 134 cm³/mol. The summed E-state index contributed by atoms with van der Waals surface area (Å²) >= 11 is 0. The maximum Gasteiger partial charge on any atom is 0.241 e. The normalized spacial score (nSPS) is 15.8. The summed E-state index contributed by atoms with van der Waals surface area (Å²) in [5.74, 6) is 0.637. The van der Waals surface area contributed by atoms with Crippen molar-refractivity contribution in [1.29, 1.82) is 0 Å². The number of likely N-dealkylation sites (tertiary alicyclic amines) is 1. The molecule has 1 atom stereocenters. The number of allylic oxidation sites excluding steroid dienone is 1. The Hall–Kier alpha value is -3.36. The van der Waals surface area contributed by atoms with Gasteiger partial charge in [0, 0.05) is 49.2 Å². The number of hydrogen-bond donors (Lipinski definition) is 1. The number of piperidine rings is 1. The molecule has 3 aromatic rings. The predicted octanol–water partition coefficient (Wildman–Crippen LogP) is 5.89. The van der Waals surface area contributed by atoms with Crippen molar-refractivity contribution in [3.05, 3.63) is 48.6 Å². The number of aromatic nitrogens is 4. The highest BCUT2D eigenvalue weighted by Crippen LogP contribution is 2.27. The Bertz CT molecular complexity index is 1170. The molecule has 0 spiro atoms. The zero-order valence-electron chi connectivity index (χ0n) is 20.5. The minimum absolute atomic E-state index is 0.0278. The number of likely N-dealkylation sites (N-methyl/N-ethyl adjacent to an activating group) is 1. The molecular formula is C25H33F2N7. The van der Waals surface area contributed by atoms with Gasteiger partial charge in [0.2, 0.25) is 12.4 Å². The van der Waals surface area contributed by atoms with Gasteiger partial charge in [0.25, 0.3) is 0 Å². The number of fused-ring (bicyclic) bond motifs is 1. The van der Waals surface area contributed by atoms with Gasteiger partial charge in [-0.05, 0) is 51.8 Å². The fourth-order valence-corrected chi connectivity index (χ4v) is 3.63. The van der Waals surface area contributed by atoms with Crippen LogP contribution in [0.3, 0.4) is 0 Å². The Morgan fingerprint density at radius 2 is 2.03 bits per heavy atom. The molecular weight excluding hydrogens is 436 g/mol. The fourth-order valence-electron chi connectivity index (χ4n) is 3.63. The van der Waals surface area contributed by atoms with Gasteiger partial charge < -0.3 is 10.2 Å². The first-order chi connectivity index (χ1) is 16.2. The molecule has 1 fully saturated rings. The highest BCUT2D eigenvalue weighted by molar-refractivity contribution is 5.83. The van der Waals surface area contributed by atoms with Crippen LogP contribution in [-0.2, 0) is 0 Å². The lowest BCUT2D eigenvalue weighted by Gasteiger charge is -2.33. The molecule has 1 unspecified atom stereocenters. The third-order valence-corrected chi connectivity index (χ3v) is 5.55. The van der Waals surface area contributed by atoms with Crippen LogP contribution in [0.2, 0.25) is 0 Å². The van der Waals surface area contributed by atoms with Gasteiger partial charge in [-0.25, -0.2) is 18.3 Å². The largest absolute Gasteiger partial charge is 0.376 e. The smallest absolute Gasteiger partial charge is 0.241 e. The minimum atomic E-state index is -2.12. The van der Waals surface area contributed by atoms with E-state index in [0.717, 1.165) is 53.3 Å². The summed E-state index contributed by atoms with van der Waals surface area (Å²) in [6.45, 7) is 12.4. The van der Waals surface area contributed by atoms with Crippen molar-refractivity contribution in [2.75, 3.05) is 18.9 Å². The van der Waals surface area contributed by atoms with Crippen LogP contribution < -0.4 is 5.32 Å². The van der Waals surface area contributed by atoms with Crippen LogP contribution in [-0.4, -0.2) is 56.3 Å². The number of nitrogens with one attached hydrogen (secondary N) is 1. The summed E-state index contributed by atoms with van der Waals surface area (Å²) in [4.78, 5) is 16.0. The molecule has 1 aliphatic heterocycles.